The summed E-state index contributed by atoms with van der Waals surface area (Å²) in [5.74, 6) is -0.194. The molecule has 2 N–H and O–H groups in total. The molecule has 2 nitrogen and oxygen atoms in total. The lowest BCUT2D eigenvalue weighted by Crippen LogP contribution is -2.20. The Morgan fingerprint density at radius 1 is 1.64 bits per heavy atom. The van der Waals surface area contributed by atoms with Gasteiger partial charge in [0.2, 0.25) is 5.91 Å². The number of hydrogen-bond donors (Lipinski definition) is 1. The quantitative estimate of drug-likeness (QED) is 0.655. The Morgan fingerprint density at radius 3 is 2.55 bits per heavy atom. The SMILES string of the molecule is CC=CCCC(C)C(N)=O.Cl. The summed E-state index contributed by atoms with van der Waals surface area (Å²) in [7, 11) is 0. The highest BCUT2D eigenvalue weighted by Crippen LogP contribution is 2.04. The monoisotopic (exact) mass is 177 g/mol. The third kappa shape index (κ3) is 7.40. The number of nitrogens with two attached hydrogens (primary N) is 1. The predicted octanol–water partition coefficient (Wildman–Crippen LogP) is 1.89. The predicted molar refractivity (Wildman–Crippen MR) is 49.7 cm³/mol. The first-order valence-corrected chi connectivity index (χ1v) is 3.59. The summed E-state index contributed by atoms with van der Waals surface area (Å²) in [6.45, 7) is 3.82. The largest absolute Gasteiger partial charge is 0.369 e. The molecule has 0 aliphatic heterocycles. The topological polar surface area (TPSA) is 43.1 Å². The Kier molecular flexibility index (Phi) is 9.07. The number of primary amides is 1. The summed E-state index contributed by atoms with van der Waals surface area (Å²) in [6.07, 6.45) is 5.83. The van der Waals surface area contributed by atoms with Crippen LogP contribution in [0.2, 0.25) is 0 Å². The molecule has 0 aliphatic carbocycles. The van der Waals surface area contributed by atoms with E-state index < -0.39 is 0 Å². The van der Waals surface area contributed by atoms with E-state index in [1.165, 1.54) is 0 Å². The second-order valence-electron chi connectivity index (χ2n) is 2.45. The molecule has 1 atom stereocenters. The molecule has 66 valence electrons. The van der Waals surface area contributed by atoms with Crippen LogP contribution in [0.15, 0.2) is 12.2 Å². The van der Waals surface area contributed by atoms with Gasteiger partial charge in [0.05, 0.1) is 0 Å². The highest BCUT2D eigenvalue weighted by molar-refractivity contribution is 5.85. The lowest BCUT2D eigenvalue weighted by Gasteiger charge is -2.02. The zero-order valence-corrected chi connectivity index (χ0v) is 7.86. The van der Waals surface area contributed by atoms with Gasteiger partial charge in [0.15, 0.2) is 0 Å². The highest BCUT2D eigenvalue weighted by Gasteiger charge is 2.05. The Hall–Kier alpha value is -0.500. The molecular weight excluding hydrogens is 162 g/mol. The number of amides is 1. The summed E-state index contributed by atoms with van der Waals surface area (Å²) >= 11 is 0. The van der Waals surface area contributed by atoms with Crippen LogP contribution in [0.3, 0.4) is 0 Å². The fourth-order valence-electron chi connectivity index (χ4n) is 0.655. The number of hydrogen-bond acceptors (Lipinski definition) is 1. The Balaban J connectivity index is 0. The first-order valence-electron chi connectivity index (χ1n) is 3.59. The zero-order chi connectivity index (χ0) is 7.98. The Morgan fingerprint density at radius 2 is 2.18 bits per heavy atom. The van der Waals surface area contributed by atoms with E-state index in [0.717, 1.165) is 12.8 Å². The number of rotatable bonds is 4. The van der Waals surface area contributed by atoms with E-state index in [2.05, 4.69) is 0 Å². The van der Waals surface area contributed by atoms with E-state index in [1.54, 1.807) is 0 Å². The van der Waals surface area contributed by atoms with Gasteiger partial charge in [0.1, 0.15) is 0 Å². The summed E-state index contributed by atoms with van der Waals surface area (Å²) in [6, 6.07) is 0. The van der Waals surface area contributed by atoms with Crippen molar-refractivity contribution in [2.24, 2.45) is 11.7 Å². The molecule has 0 bridgehead atoms. The van der Waals surface area contributed by atoms with Gasteiger partial charge >= 0.3 is 0 Å². The summed E-state index contributed by atoms with van der Waals surface area (Å²) in [5, 5.41) is 0. The fraction of sp³-hybridized carbons (Fsp3) is 0.625. The van der Waals surface area contributed by atoms with Crippen molar-refractivity contribution in [3.63, 3.8) is 0 Å². The van der Waals surface area contributed by atoms with Gasteiger partial charge in [-0.05, 0) is 19.8 Å². The minimum atomic E-state index is -0.204. The molecule has 11 heavy (non-hydrogen) atoms. The van der Waals surface area contributed by atoms with E-state index >= 15 is 0 Å². The molecule has 0 rings (SSSR count). The van der Waals surface area contributed by atoms with Crippen molar-refractivity contribution in [3.05, 3.63) is 12.2 Å². The Labute approximate surface area is 74.3 Å². The van der Waals surface area contributed by atoms with E-state index in [9.17, 15) is 4.79 Å². The molecule has 0 spiro atoms. The molecule has 1 amide bonds. The molecule has 1 unspecified atom stereocenters. The van der Waals surface area contributed by atoms with E-state index in [0.29, 0.717) is 0 Å². The van der Waals surface area contributed by atoms with Crippen molar-refractivity contribution >= 4 is 18.3 Å². The summed E-state index contributed by atoms with van der Waals surface area (Å²) < 4.78 is 0. The van der Waals surface area contributed by atoms with Gasteiger partial charge in [-0.15, -0.1) is 12.4 Å². The fourth-order valence-corrected chi connectivity index (χ4v) is 0.655. The average molecular weight is 178 g/mol. The third-order valence-corrected chi connectivity index (χ3v) is 1.49. The van der Waals surface area contributed by atoms with Crippen LogP contribution in [0.25, 0.3) is 0 Å². The second kappa shape index (κ2) is 7.61. The first-order chi connectivity index (χ1) is 4.68. The highest BCUT2D eigenvalue weighted by atomic mass is 35.5. The molecule has 0 aliphatic rings. The molecule has 3 heteroatoms. The maximum absolute atomic E-state index is 10.5. The van der Waals surface area contributed by atoms with Crippen LogP contribution in [-0.4, -0.2) is 5.91 Å². The third-order valence-electron chi connectivity index (χ3n) is 1.49. The van der Waals surface area contributed by atoms with Gasteiger partial charge in [-0.25, -0.2) is 0 Å². The van der Waals surface area contributed by atoms with Crippen molar-refractivity contribution in [2.45, 2.75) is 26.7 Å². The normalized spacial score (nSPS) is 12.5. The zero-order valence-electron chi connectivity index (χ0n) is 7.04. The minimum Gasteiger partial charge on any atom is -0.369 e. The van der Waals surface area contributed by atoms with Crippen LogP contribution >= 0.6 is 12.4 Å². The van der Waals surface area contributed by atoms with Crippen LogP contribution in [0.1, 0.15) is 26.7 Å². The van der Waals surface area contributed by atoms with Crippen molar-refractivity contribution in [2.75, 3.05) is 0 Å². The molecule has 0 radical (unpaired) electrons. The molecule has 0 saturated heterocycles. The summed E-state index contributed by atoms with van der Waals surface area (Å²) in [4.78, 5) is 10.5. The van der Waals surface area contributed by atoms with Crippen molar-refractivity contribution in [3.8, 4) is 0 Å². The van der Waals surface area contributed by atoms with Gasteiger partial charge in [0, 0.05) is 5.92 Å². The van der Waals surface area contributed by atoms with E-state index in [1.807, 2.05) is 26.0 Å². The van der Waals surface area contributed by atoms with Crippen LogP contribution < -0.4 is 5.73 Å². The van der Waals surface area contributed by atoms with Gasteiger partial charge < -0.3 is 5.73 Å². The van der Waals surface area contributed by atoms with Crippen LogP contribution in [0.4, 0.5) is 0 Å². The number of allylic oxidation sites excluding steroid dienone is 2. The maximum Gasteiger partial charge on any atom is 0.220 e. The lowest BCUT2D eigenvalue weighted by atomic mass is 10.1. The molecule has 0 aromatic carbocycles. The van der Waals surface area contributed by atoms with Gasteiger partial charge in [-0.2, -0.15) is 0 Å². The lowest BCUT2D eigenvalue weighted by molar-refractivity contribution is -0.121. The molecule has 0 aromatic rings. The number of halogens is 1. The van der Waals surface area contributed by atoms with Gasteiger partial charge in [-0.1, -0.05) is 19.1 Å². The van der Waals surface area contributed by atoms with E-state index in [4.69, 9.17) is 5.73 Å². The molecular formula is C8H16ClNO. The van der Waals surface area contributed by atoms with E-state index in [-0.39, 0.29) is 24.2 Å². The Bertz CT molecular complexity index is 134. The smallest absolute Gasteiger partial charge is 0.220 e. The maximum atomic E-state index is 10.5. The summed E-state index contributed by atoms with van der Waals surface area (Å²) in [5.41, 5.74) is 5.06. The first kappa shape index (κ1) is 13.1. The molecule has 0 saturated carbocycles. The van der Waals surface area contributed by atoms with Crippen LogP contribution in [0, 0.1) is 5.92 Å². The molecule has 0 heterocycles. The van der Waals surface area contributed by atoms with Gasteiger partial charge in [0.25, 0.3) is 0 Å². The number of carbonyl (C=O) groups is 1. The standard InChI is InChI=1S/C8H15NO.ClH/c1-3-4-5-6-7(2)8(9)10;/h3-4,7H,5-6H2,1-2H3,(H2,9,10);1H. The average Bonchev–Trinajstić information content (AvgIpc) is 1.88. The van der Waals surface area contributed by atoms with Crippen molar-refractivity contribution in [1.82, 2.24) is 0 Å². The van der Waals surface area contributed by atoms with Crippen molar-refractivity contribution < 1.29 is 4.79 Å². The number of carbonyl (C=O) groups excluding carboxylic acids is 1. The molecule has 0 aromatic heterocycles. The molecule has 0 fully saturated rings. The van der Waals surface area contributed by atoms with Crippen LogP contribution in [0.5, 0.6) is 0 Å². The van der Waals surface area contributed by atoms with Gasteiger partial charge in [-0.3, -0.25) is 4.79 Å². The van der Waals surface area contributed by atoms with Crippen molar-refractivity contribution in [1.29, 1.82) is 0 Å². The minimum absolute atomic E-state index is 0. The van der Waals surface area contributed by atoms with Crippen LogP contribution in [-0.2, 0) is 4.79 Å². The second-order valence-corrected chi connectivity index (χ2v) is 2.45.